The van der Waals surface area contributed by atoms with Gasteiger partial charge in [0.25, 0.3) is 0 Å². The maximum absolute atomic E-state index is 12.5. The summed E-state index contributed by atoms with van der Waals surface area (Å²) in [6.07, 6.45) is 1.77. The van der Waals surface area contributed by atoms with E-state index in [9.17, 15) is 4.79 Å². The van der Waals surface area contributed by atoms with Gasteiger partial charge in [0, 0.05) is 30.4 Å². The van der Waals surface area contributed by atoms with Gasteiger partial charge in [0.2, 0.25) is 5.91 Å². The van der Waals surface area contributed by atoms with E-state index in [-0.39, 0.29) is 11.8 Å². The van der Waals surface area contributed by atoms with Crippen molar-refractivity contribution in [3.63, 3.8) is 0 Å². The average Bonchev–Trinajstić information content (AvgIpc) is 2.64. The third-order valence-electron chi connectivity index (χ3n) is 4.70. The Morgan fingerprint density at radius 1 is 1.08 bits per heavy atom. The van der Waals surface area contributed by atoms with E-state index in [0.29, 0.717) is 6.61 Å². The number of amides is 1. The van der Waals surface area contributed by atoms with Gasteiger partial charge >= 0.3 is 0 Å². The lowest BCUT2D eigenvalue weighted by Crippen LogP contribution is -2.38. The number of nitrogens with one attached hydrogen (secondary N) is 1. The van der Waals surface area contributed by atoms with Gasteiger partial charge in [-0.05, 0) is 63.1 Å². The van der Waals surface area contributed by atoms with Crippen molar-refractivity contribution in [3.05, 3.63) is 54.1 Å². The number of carbonyl (C=O) groups excluding carboxylic acids is 1. The fraction of sp³-hybridized carbons (Fsp3) is 0.381. The van der Waals surface area contributed by atoms with E-state index in [1.54, 1.807) is 0 Å². The SMILES string of the molecule is CCOc1ccc(NC(=O)C2CCN(c3ccc(C)cc3)CC2)cc1. The molecular weight excluding hydrogens is 312 g/mol. The van der Waals surface area contributed by atoms with Crippen LogP contribution in [0.25, 0.3) is 0 Å². The van der Waals surface area contributed by atoms with Gasteiger partial charge in [0.1, 0.15) is 5.75 Å². The van der Waals surface area contributed by atoms with Gasteiger partial charge in [-0.15, -0.1) is 0 Å². The first kappa shape index (κ1) is 17.3. The standard InChI is InChI=1S/C21H26N2O2/c1-3-25-20-10-6-18(7-11-20)22-21(24)17-12-14-23(15-13-17)19-8-4-16(2)5-9-19/h4-11,17H,3,12-15H2,1-2H3,(H,22,24). The van der Waals surface area contributed by atoms with Crippen molar-refractivity contribution in [2.45, 2.75) is 26.7 Å². The van der Waals surface area contributed by atoms with Crippen LogP contribution < -0.4 is 15.0 Å². The highest BCUT2D eigenvalue weighted by molar-refractivity contribution is 5.92. The van der Waals surface area contributed by atoms with Gasteiger partial charge in [-0.2, -0.15) is 0 Å². The zero-order valence-corrected chi connectivity index (χ0v) is 15.0. The molecule has 1 heterocycles. The molecule has 0 radical (unpaired) electrons. The van der Waals surface area contributed by atoms with Gasteiger partial charge in [0.15, 0.2) is 0 Å². The smallest absolute Gasteiger partial charge is 0.227 e. The Bertz CT molecular complexity index is 687. The predicted molar refractivity (Wildman–Crippen MR) is 102 cm³/mol. The summed E-state index contributed by atoms with van der Waals surface area (Å²) < 4.78 is 5.43. The predicted octanol–water partition coefficient (Wildman–Crippen LogP) is 4.25. The number of benzene rings is 2. The van der Waals surface area contributed by atoms with E-state index in [0.717, 1.165) is 37.4 Å². The molecule has 0 spiro atoms. The van der Waals surface area contributed by atoms with Gasteiger partial charge in [-0.1, -0.05) is 17.7 Å². The molecule has 0 saturated carbocycles. The lowest BCUT2D eigenvalue weighted by molar-refractivity contribution is -0.120. The zero-order valence-electron chi connectivity index (χ0n) is 15.0. The maximum Gasteiger partial charge on any atom is 0.227 e. The minimum absolute atomic E-state index is 0.0771. The van der Waals surface area contributed by atoms with E-state index in [1.807, 2.05) is 31.2 Å². The molecule has 2 aromatic rings. The van der Waals surface area contributed by atoms with Crippen LogP contribution in [-0.2, 0) is 4.79 Å². The van der Waals surface area contributed by atoms with Crippen LogP contribution in [0.2, 0.25) is 0 Å². The van der Waals surface area contributed by atoms with Gasteiger partial charge in [-0.3, -0.25) is 4.79 Å². The molecule has 1 aliphatic rings. The first-order valence-corrected chi connectivity index (χ1v) is 9.01. The van der Waals surface area contributed by atoms with Crippen LogP contribution in [0.4, 0.5) is 11.4 Å². The van der Waals surface area contributed by atoms with E-state index in [2.05, 4.69) is 41.4 Å². The van der Waals surface area contributed by atoms with Crippen molar-refractivity contribution in [2.75, 3.05) is 29.9 Å². The topological polar surface area (TPSA) is 41.6 Å². The second-order valence-corrected chi connectivity index (χ2v) is 6.54. The number of nitrogens with zero attached hydrogens (tertiary/aromatic N) is 1. The van der Waals surface area contributed by atoms with Gasteiger partial charge in [0.05, 0.1) is 6.61 Å². The number of anilines is 2. The highest BCUT2D eigenvalue weighted by Gasteiger charge is 2.25. The molecule has 3 rings (SSSR count). The molecule has 1 saturated heterocycles. The Balaban J connectivity index is 1.51. The number of hydrogen-bond acceptors (Lipinski definition) is 3. The van der Waals surface area contributed by atoms with Crippen molar-refractivity contribution in [1.82, 2.24) is 0 Å². The summed E-state index contributed by atoms with van der Waals surface area (Å²) in [7, 11) is 0. The zero-order chi connectivity index (χ0) is 17.6. The average molecular weight is 338 g/mol. The number of piperidine rings is 1. The molecule has 2 aromatic carbocycles. The third-order valence-corrected chi connectivity index (χ3v) is 4.70. The van der Waals surface area contributed by atoms with Crippen LogP contribution >= 0.6 is 0 Å². The van der Waals surface area contributed by atoms with E-state index in [1.165, 1.54) is 11.3 Å². The van der Waals surface area contributed by atoms with Crippen LogP contribution in [-0.4, -0.2) is 25.6 Å². The summed E-state index contributed by atoms with van der Waals surface area (Å²) >= 11 is 0. The maximum atomic E-state index is 12.5. The van der Waals surface area contributed by atoms with E-state index >= 15 is 0 Å². The Morgan fingerprint density at radius 2 is 1.72 bits per heavy atom. The number of aryl methyl sites for hydroxylation is 1. The van der Waals surface area contributed by atoms with E-state index in [4.69, 9.17) is 4.74 Å². The molecule has 4 nitrogen and oxygen atoms in total. The molecule has 1 amide bonds. The molecule has 0 unspecified atom stereocenters. The number of hydrogen-bond donors (Lipinski definition) is 1. The molecule has 0 bridgehead atoms. The minimum atomic E-state index is 0.0771. The van der Waals surface area contributed by atoms with Crippen LogP contribution in [0.3, 0.4) is 0 Å². The van der Waals surface area contributed by atoms with Crippen molar-refractivity contribution in [3.8, 4) is 5.75 Å². The lowest BCUT2D eigenvalue weighted by Gasteiger charge is -2.33. The Morgan fingerprint density at radius 3 is 2.32 bits per heavy atom. The molecule has 1 N–H and O–H groups in total. The molecule has 1 fully saturated rings. The van der Waals surface area contributed by atoms with Gasteiger partial charge < -0.3 is 15.0 Å². The van der Waals surface area contributed by atoms with Crippen LogP contribution in [0.1, 0.15) is 25.3 Å². The van der Waals surface area contributed by atoms with Crippen molar-refractivity contribution in [1.29, 1.82) is 0 Å². The van der Waals surface area contributed by atoms with Crippen LogP contribution in [0, 0.1) is 12.8 Å². The number of carbonyl (C=O) groups is 1. The second kappa shape index (κ2) is 8.06. The number of ether oxygens (including phenoxy) is 1. The summed E-state index contributed by atoms with van der Waals surface area (Å²) in [5.41, 5.74) is 3.35. The Kier molecular flexibility index (Phi) is 5.59. The molecule has 25 heavy (non-hydrogen) atoms. The first-order chi connectivity index (χ1) is 12.2. The van der Waals surface area contributed by atoms with Crippen molar-refractivity contribution < 1.29 is 9.53 Å². The lowest BCUT2D eigenvalue weighted by atomic mass is 9.95. The summed E-state index contributed by atoms with van der Waals surface area (Å²) in [5, 5.41) is 3.03. The summed E-state index contributed by atoms with van der Waals surface area (Å²) in [6, 6.07) is 16.2. The van der Waals surface area contributed by atoms with Crippen LogP contribution in [0.5, 0.6) is 5.75 Å². The highest BCUT2D eigenvalue weighted by Crippen LogP contribution is 2.25. The minimum Gasteiger partial charge on any atom is -0.494 e. The molecule has 132 valence electrons. The molecule has 0 aliphatic carbocycles. The summed E-state index contributed by atoms with van der Waals surface area (Å²) in [6.45, 7) is 6.54. The number of rotatable bonds is 5. The molecular formula is C21H26N2O2. The fourth-order valence-electron chi connectivity index (χ4n) is 3.20. The highest BCUT2D eigenvalue weighted by atomic mass is 16.5. The van der Waals surface area contributed by atoms with Crippen LogP contribution in [0.15, 0.2) is 48.5 Å². The molecule has 0 atom stereocenters. The normalized spacial score (nSPS) is 15.0. The van der Waals surface area contributed by atoms with E-state index < -0.39 is 0 Å². The Labute approximate surface area is 149 Å². The van der Waals surface area contributed by atoms with Crippen molar-refractivity contribution >= 4 is 17.3 Å². The van der Waals surface area contributed by atoms with Crippen molar-refractivity contribution in [2.24, 2.45) is 5.92 Å². The Hall–Kier alpha value is -2.49. The molecule has 1 aliphatic heterocycles. The molecule has 0 aromatic heterocycles. The van der Waals surface area contributed by atoms with Gasteiger partial charge in [-0.25, -0.2) is 0 Å². The molecule has 4 heteroatoms. The third kappa shape index (κ3) is 4.53. The first-order valence-electron chi connectivity index (χ1n) is 9.01. The fourth-order valence-corrected chi connectivity index (χ4v) is 3.20. The monoisotopic (exact) mass is 338 g/mol. The summed E-state index contributed by atoms with van der Waals surface area (Å²) in [5.74, 6) is 1.02. The largest absolute Gasteiger partial charge is 0.494 e. The quantitative estimate of drug-likeness (QED) is 0.886. The summed E-state index contributed by atoms with van der Waals surface area (Å²) in [4.78, 5) is 14.9. The second-order valence-electron chi connectivity index (χ2n) is 6.54.